The van der Waals surface area contributed by atoms with Crippen molar-refractivity contribution in [3.63, 3.8) is 0 Å². The van der Waals surface area contributed by atoms with Crippen LogP contribution >= 0.6 is 0 Å². The monoisotopic (exact) mass is 276 g/mol. The molecule has 0 saturated carbocycles. The lowest BCUT2D eigenvalue weighted by atomic mass is 10.1. The van der Waals surface area contributed by atoms with Crippen LogP contribution in [0.1, 0.15) is 22.8 Å². The smallest absolute Gasteiger partial charge is 0.416 e. The fraction of sp³-hybridized carbons (Fsp3) is 0.333. The maximum Gasteiger partial charge on any atom is 0.416 e. The van der Waals surface area contributed by atoms with Crippen LogP contribution in [-0.2, 0) is 15.7 Å². The lowest BCUT2D eigenvalue weighted by Crippen LogP contribution is -2.22. The zero-order valence-corrected chi connectivity index (χ0v) is 9.90. The number of esters is 1. The minimum absolute atomic E-state index is 0.00797. The van der Waals surface area contributed by atoms with Gasteiger partial charge in [0.1, 0.15) is 6.10 Å². The van der Waals surface area contributed by atoms with Crippen LogP contribution in [0.4, 0.5) is 13.2 Å². The van der Waals surface area contributed by atoms with Crippen LogP contribution in [0, 0.1) is 0 Å². The molecule has 0 aliphatic rings. The van der Waals surface area contributed by atoms with E-state index >= 15 is 0 Å². The first-order chi connectivity index (χ1) is 8.71. The standard InChI is InChI=1S/C12H11F3O4/c1-7(16)11(18)19-6-10(17)8-2-4-9(5-3-8)12(13,14)15/h2-5,7,16H,6H2,1H3/t7-/m0/s1. The molecule has 0 bridgehead atoms. The number of aliphatic hydroxyl groups is 1. The fourth-order valence-electron chi connectivity index (χ4n) is 1.19. The van der Waals surface area contributed by atoms with Gasteiger partial charge in [0.15, 0.2) is 12.4 Å². The summed E-state index contributed by atoms with van der Waals surface area (Å²) in [7, 11) is 0. The number of carbonyl (C=O) groups excluding carboxylic acids is 2. The molecule has 1 aromatic carbocycles. The Balaban J connectivity index is 2.66. The number of rotatable bonds is 4. The minimum Gasteiger partial charge on any atom is -0.455 e. The van der Waals surface area contributed by atoms with E-state index in [1.165, 1.54) is 6.92 Å². The van der Waals surface area contributed by atoms with E-state index in [4.69, 9.17) is 5.11 Å². The van der Waals surface area contributed by atoms with Gasteiger partial charge in [0.05, 0.1) is 5.56 Å². The van der Waals surface area contributed by atoms with E-state index in [1.807, 2.05) is 0 Å². The second kappa shape index (κ2) is 5.83. The molecule has 0 amide bonds. The molecule has 1 aromatic rings. The van der Waals surface area contributed by atoms with Gasteiger partial charge in [0.2, 0.25) is 0 Å². The van der Waals surface area contributed by atoms with Gasteiger partial charge in [-0.1, -0.05) is 12.1 Å². The van der Waals surface area contributed by atoms with E-state index < -0.39 is 36.2 Å². The topological polar surface area (TPSA) is 63.6 Å². The number of aliphatic hydroxyl groups excluding tert-OH is 1. The third-order valence-corrected chi connectivity index (χ3v) is 2.22. The number of halogens is 3. The molecule has 0 unspecified atom stereocenters. The molecule has 0 aliphatic carbocycles. The van der Waals surface area contributed by atoms with Crippen LogP contribution in [-0.4, -0.2) is 29.6 Å². The number of hydrogen-bond acceptors (Lipinski definition) is 4. The highest BCUT2D eigenvalue weighted by Gasteiger charge is 2.30. The number of ketones is 1. The van der Waals surface area contributed by atoms with E-state index in [0.29, 0.717) is 0 Å². The van der Waals surface area contributed by atoms with Crippen molar-refractivity contribution < 1.29 is 32.6 Å². The molecule has 1 rings (SSSR count). The molecule has 0 heterocycles. The number of ether oxygens (including phenoxy) is 1. The van der Waals surface area contributed by atoms with Crippen molar-refractivity contribution in [1.82, 2.24) is 0 Å². The normalized spacial score (nSPS) is 12.9. The Bertz CT molecular complexity index is 463. The Labute approximate surface area is 106 Å². The summed E-state index contributed by atoms with van der Waals surface area (Å²) >= 11 is 0. The zero-order valence-electron chi connectivity index (χ0n) is 9.90. The van der Waals surface area contributed by atoms with E-state index in [2.05, 4.69) is 4.74 Å². The summed E-state index contributed by atoms with van der Waals surface area (Å²) in [6.45, 7) is 0.542. The SMILES string of the molecule is C[C@H](O)C(=O)OCC(=O)c1ccc(C(F)(F)F)cc1. The number of Topliss-reactive ketones (excluding diaryl/α,β-unsaturated/α-hetero) is 1. The average molecular weight is 276 g/mol. The Hall–Kier alpha value is -1.89. The molecule has 19 heavy (non-hydrogen) atoms. The molecule has 0 aliphatic heterocycles. The largest absolute Gasteiger partial charge is 0.455 e. The molecule has 0 aromatic heterocycles. The summed E-state index contributed by atoms with van der Waals surface area (Å²) in [6, 6.07) is 3.54. The number of hydrogen-bond donors (Lipinski definition) is 1. The van der Waals surface area contributed by atoms with E-state index in [1.54, 1.807) is 0 Å². The van der Waals surface area contributed by atoms with E-state index in [-0.39, 0.29) is 5.56 Å². The Morgan fingerprint density at radius 3 is 2.21 bits per heavy atom. The third kappa shape index (κ3) is 4.36. The Morgan fingerprint density at radius 1 is 1.26 bits per heavy atom. The van der Waals surface area contributed by atoms with Crippen LogP contribution in [0.15, 0.2) is 24.3 Å². The van der Waals surface area contributed by atoms with Crippen molar-refractivity contribution in [3.05, 3.63) is 35.4 Å². The highest BCUT2D eigenvalue weighted by atomic mass is 19.4. The van der Waals surface area contributed by atoms with Gasteiger partial charge in [-0.3, -0.25) is 4.79 Å². The van der Waals surface area contributed by atoms with Crippen molar-refractivity contribution in [2.45, 2.75) is 19.2 Å². The lowest BCUT2D eigenvalue weighted by molar-refractivity contribution is -0.151. The highest BCUT2D eigenvalue weighted by molar-refractivity contribution is 5.98. The Morgan fingerprint density at radius 2 is 1.79 bits per heavy atom. The predicted octanol–water partition coefficient (Wildman–Crippen LogP) is 1.81. The number of benzene rings is 1. The van der Waals surface area contributed by atoms with Crippen molar-refractivity contribution in [1.29, 1.82) is 0 Å². The molecule has 1 atom stereocenters. The van der Waals surface area contributed by atoms with E-state index in [0.717, 1.165) is 24.3 Å². The van der Waals surface area contributed by atoms with Crippen molar-refractivity contribution >= 4 is 11.8 Å². The molecule has 4 nitrogen and oxygen atoms in total. The average Bonchev–Trinajstić information content (AvgIpc) is 2.34. The first-order valence-corrected chi connectivity index (χ1v) is 5.27. The van der Waals surface area contributed by atoms with Crippen LogP contribution < -0.4 is 0 Å². The van der Waals surface area contributed by atoms with Gasteiger partial charge in [-0.2, -0.15) is 13.2 Å². The van der Waals surface area contributed by atoms with Gasteiger partial charge in [0, 0.05) is 5.56 Å². The minimum atomic E-state index is -4.47. The quantitative estimate of drug-likeness (QED) is 0.673. The second-order valence-corrected chi connectivity index (χ2v) is 3.78. The van der Waals surface area contributed by atoms with Gasteiger partial charge in [-0.25, -0.2) is 4.79 Å². The molecule has 0 radical (unpaired) electrons. The third-order valence-electron chi connectivity index (χ3n) is 2.22. The maximum atomic E-state index is 12.3. The van der Waals surface area contributed by atoms with Crippen LogP contribution in [0.5, 0.6) is 0 Å². The van der Waals surface area contributed by atoms with Crippen LogP contribution in [0.2, 0.25) is 0 Å². The molecule has 1 N–H and O–H groups in total. The molecular weight excluding hydrogens is 265 g/mol. The van der Waals surface area contributed by atoms with Gasteiger partial charge >= 0.3 is 12.1 Å². The molecule has 0 spiro atoms. The fourth-order valence-corrected chi connectivity index (χ4v) is 1.19. The lowest BCUT2D eigenvalue weighted by Gasteiger charge is -2.08. The summed E-state index contributed by atoms with van der Waals surface area (Å²) in [5.74, 6) is -1.62. The summed E-state index contributed by atoms with van der Waals surface area (Å²) in [4.78, 5) is 22.4. The van der Waals surface area contributed by atoms with Gasteiger partial charge < -0.3 is 9.84 Å². The van der Waals surface area contributed by atoms with Crippen molar-refractivity contribution in [2.75, 3.05) is 6.61 Å². The summed E-state index contributed by atoms with van der Waals surface area (Å²) < 4.78 is 41.3. The van der Waals surface area contributed by atoms with Crippen LogP contribution in [0.3, 0.4) is 0 Å². The van der Waals surface area contributed by atoms with Crippen molar-refractivity contribution in [2.24, 2.45) is 0 Å². The summed E-state index contributed by atoms with van der Waals surface area (Å²) in [6.07, 6.45) is -5.83. The van der Waals surface area contributed by atoms with Crippen LogP contribution in [0.25, 0.3) is 0 Å². The first kappa shape index (κ1) is 15.2. The maximum absolute atomic E-state index is 12.3. The summed E-state index contributed by atoms with van der Waals surface area (Å²) in [5, 5.41) is 8.82. The van der Waals surface area contributed by atoms with Gasteiger partial charge in [-0.05, 0) is 19.1 Å². The highest BCUT2D eigenvalue weighted by Crippen LogP contribution is 2.29. The van der Waals surface area contributed by atoms with Gasteiger partial charge in [0.25, 0.3) is 0 Å². The predicted molar refractivity (Wildman–Crippen MR) is 58.4 cm³/mol. The number of alkyl halides is 3. The molecule has 0 fully saturated rings. The molecular formula is C12H11F3O4. The first-order valence-electron chi connectivity index (χ1n) is 5.27. The molecule has 7 heteroatoms. The Kier molecular flexibility index (Phi) is 4.66. The summed E-state index contributed by atoms with van der Waals surface area (Å²) in [5.41, 5.74) is -0.878. The van der Waals surface area contributed by atoms with E-state index in [9.17, 15) is 22.8 Å². The van der Waals surface area contributed by atoms with Gasteiger partial charge in [-0.15, -0.1) is 0 Å². The molecule has 104 valence electrons. The second-order valence-electron chi connectivity index (χ2n) is 3.78. The zero-order chi connectivity index (χ0) is 14.6. The van der Waals surface area contributed by atoms with Crippen molar-refractivity contribution in [3.8, 4) is 0 Å². The molecule has 0 saturated heterocycles. The number of carbonyl (C=O) groups is 2.